The van der Waals surface area contributed by atoms with E-state index in [1.165, 1.54) is 12.1 Å². The summed E-state index contributed by atoms with van der Waals surface area (Å²) in [5.41, 5.74) is 2.74. The number of rotatable bonds is 3. The van der Waals surface area contributed by atoms with Gasteiger partial charge in [0.15, 0.2) is 0 Å². The number of hydrogen-bond donors (Lipinski definition) is 1. The molecule has 2 fully saturated rings. The van der Waals surface area contributed by atoms with Crippen molar-refractivity contribution in [3.05, 3.63) is 83.4 Å². The molecule has 1 aliphatic heterocycles. The van der Waals surface area contributed by atoms with Crippen molar-refractivity contribution in [1.82, 2.24) is 20.0 Å². The van der Waals surface area contributed by atoms with Crippen molar-refractivity contribution in [3.63, 3.8) is 0 Å². The van der Waals surface area contributed by atoms with Crippen LogP contribution in [0.4, 0.5) is 9.18 Å². The number of aromatic nitrogens is 2. The van der Waals surface area contributed by atoms with Gasteiger partial charge in [-0.2, -0.15) is 5.10 Å². The molecule has 174 valence electrons. The Morgan fingerprint density at radius 2 is 1.88 bits per heavy atom. The van der Waals surface area contributed by atoms with Crippen LogP contribution in [0.25, 0.3) is 5.69 Å². The summed E-state index contributed by atoms with van der Waals surface area (Å²) in [4.78, 5) is 28.4. The van der Waals surface area contributed by atoms with Crippen molar-refractivity contribution in [3.8, 4) is 5.69 Å². The highest BCUT2D eigenvalue weighted by Gasteiger charge is 2.67. The second-order valence-corrected chi connectivity index (χ2v) is 10.1. The number of hydrogen-bond acceptors (Lipinski definition) is 3. The summed E-state index contributed by atoms with van der Waals surface area (Å²) in [6, 6.07) is 15.9. The highest BCUT2D eigenvalue weighted by molar-refractivity contribution is 6.07. The van der Waals surface area contributed by atoms with E-state index >= 15 is 0 Å². The molecule has 6 rings (SSSR count). The summed E-state index contributed by atoms with van der Waals surface area (Å²) in [7, 11) is 0. The first-order chi connectivity index (χ1) is 16.4. The fourth-order valence-corrected chi connectivity index (χ4v) is 6.72. The lowest BCUT2D eigenvalue weighted by atomic mass is 9.51. The summed E-state index contributed by atoms with van der Waals surface area (Å²) in [5, 5.41) is 7.29. The van der Waals surface area contributed by atoms with Crippen LogP contribution < -0.4 is 5.32 Å². The molecule has 2 aliphatic carbocycles. The number of nitrogens with zero attached hydrogens (tertiary/aromatic N) is 3. The van der Waals surface area contributed by atoms with Crippen LogP contribution in [0.3, 0.4) is 0 Å². The van der Waals surface area contributed by atoms with Crippen LogP contribution in [0, 0.1) is 17.2 Å². The topological polar surface area (TPSA) is 67.2 Å². The van der Waals surface area contributed by atoms with Crippen molar-refractivity contribution in [2.24, 2.45) is 11.3 Å². The lowest BCUT2D eigenvalue weighted by molar-refractivity contribution is -0.143. The monoisotopic (exact) mass is 458 g/mol. The minimum absolute atomic E-state index is 0.171. The standard InChI is InChI=1S/C27H27FN4O2/c1-26-15-19-16-29-32(22-11-9-21(28)10-12-22)23(19)14-20(26)8-5-13-27(26)24(33)30-25(34)31(27)17-18-6-3-2-4-7-18/h2-4,6-7,9-12,16,20H,5,8,13-15,17H2,1H3,(H,30,33,34)/t20?,26-,27-/m0/s1. The molecule has 0 bridgehead atoms. The third-order valence-electron chi connectivity index (χ3n) is 8.45. The molecule has 1 unspecified atom stereocenters. The van der Waals surface area contributed by atoms with Gasteiger partial charge in [-0.05, 0) is 67.0 Å². The van der Waals surface area contributed by atoms with E-state index in [2.05, 4.69) is 17.3 Å². The molecule has 1 N–H and O–H groups in total. The normalized spacial score (nSPS) is 28.1. The van der Waals surface area contributed by atoms with Crippen LogP contribution in [-0.4, -0.2) is 32.2 Å². The minimum atomic E-state index is -0.890. The molecule has 3 aliphatic rings. The van der Waals surface area contributed by atoms with Gasteiger partial charge in [-0.3, -0.25) is 10.1 Å². The predicted octanol–water partition coefficient (Wildman–Crippen LogP) is 4.41. The first-order valence-electron chi connectivity index (χ1n) is 11.9. The van der Waals surface area contributed by atoms with Crippen molar-refractivity contribution in [2.75, 3.05) is 0 Å². The average Bonchev–Trinajstić information content (AvgIpc) is 3.33. The molecule has 1 saturated carbocycles. The second-order valence-electron chi connectivity index (χ2n) is 10.1. The molecule has 7 heteroatoms. The zero-order valence-corrected chi connectivity index (χ0v) is 19.1. The van der Waals surface area contributed by atoms with Gasteiger partial charge in [0.05, 0.1) is 11.9 Å². The molecule has 6 nitrogen and oxygen atoms in total. The highest BCUT2D eigenvalue weighted by Crippen LogP contribution is 2.58. The fraction of sp³-hybridized carbons (Fsp3) is 0.370. The molecule has 2 heterocycles. The third kappa shape index (κ3) is 2.89. The van der Waals surface area contributed by atoms with Crippen LogP contribution in [-0.2, 0) is 24.2 Å². The maximum atomic E-state index is 13.6. The van der Waals surface area contributed by atoms with Gasteiger partial charge < -0.3 is 4.90 Å². The number of carbonyl (C=O) groups is 2. The van der Waals surface area contributed by atoms with Crippen molar-refractivity contribution in [1.29, 1.82) is 0 Å². The first kappa shape index (κ1) is 21.1. The fourth-order valence-electron chi connectivity index (χ4n) is 6.72. The van der Waals surface area contributed by atoms with E-state index in [9.17, 15) is 14.0 Å². The minimum Gasteiger partial charge on any atom is -0.305 e. The lowest BCUT2D eigenvalue weighted by Gasteiger charge is -2.57. The molecule has 3 amide bonds. The van der Waals surface area contributed by atoms with Crippen molar-refractivity contribution < 1.29 is 14.0 Å². The number of fused-ring (bicyclic) bond motifs is 3. The number of benzene rings is 2. The van der Waals surface area contributed by atoms with E-state index in [0.717, 1.165) is 41.8 Å². The zero-order chi connectivity index (χ0) is 23.5. The van der Waals surface area contributed by atoms with Crippen LogP contribution in [0.2, 0.25) is 0 Å². The largest absolute Gasteiger partial charge is 0.325 e. The van der Waals surface area contributed by atoms with Gasteiger partial charge in [-0.25, -0.2) is 13.9 Å². The Morgan fingerprint density at radius 1 is 1.12 bits per heavy atom. The van der Waals surface area contributed by atoms with E-state index in [0.29, 0.717) is 19.4 Å². The van der Waals surface area contributed by atoms with Gasteiger partial charge in [0.25, 0.3) is 5.91 Å². The summed E-state index contributed by atoms with van der Waals surface area (Å²) in [5.74, 6) is -0.225. The SMILES string of the molecule is C[C@]12Cc3cnn(-c4ccc(F)cc4)c3CC1CCC[C@]21C(=O)NC(=O)N1Cc1ccccc1. The molecule has 1 saturated heterocycles. The first-order valence-corrected chi connectivity index (χ1v) is 11.9. The van der Waals surface area contributed by atoms with Gasteiger partial charge in [0.1, 0.15) is 11.4 Å². The molecular formula is C27H27FN4O2. The van der Waals surface area contributed by atoms with E-state index in [1.807, 2.05) is 41.2 Å². The van der Waals surface area contributed by atoms with E-state index < -0.39 is 11.0 Å². The lowest BCUT2D eigenvalue weighted by Crippen LogP contribution is -2.66. The Bertz CT molecular complexity index is 1270. The van der Waals surface area contributed by atoms with Crippen LogP contribution in [0.1, 0.15) is 43.0 Å². The van der Waals surface area contributed by atoms with E-state index in [4.69, 9.17) is 0 Å². The van der Waals surface area contributed by atoms with Crippen LogP contribution >= 0.6 is 0 Å². The van der Waals surface area contributed by atoms with Gasteiger partial charge in [0.2, 0.25) is 0 Å². The number of carbonyl (C=O) groups excluding carboxylic acids is 2. The second kappa shape index (κ2) is 7.52. The Balaban J connectivity index is 1.42. The van der Waals surface area contributed by atoms with Crippen molar-refractivity contribution in [2.45, 2.75) is 51.1 Å². The molecule has 3 aromatic rings. The molecule has 1 spiro atoms. The van der Waals surface area contributed by atoms with E-state index in [1.54, 1.807) is 17.0 Å². The van der Waals surface area contributed by atoms with E-state index in [-0.39, 0.29) is 23.7 Å². The summed E-state index contributed by atoms with van der Waals surface area (Å²) < 4.78 is 15.4. The van der Waals surface area contributed by atoms with Gasteiger partial charge in [0, 0.05) is 17.7 Å². The summed E-state index contributed by atoms with van der Waals surface area (Å²) >= 11 is 0. The third-order valence-corrected chi connectivity index (χ3v) is 8.45. The molecule has 0 radical (unpaired) electrons. The van der Waals surface area contributed by atoms with Crippen LogP contribution in [0.15, 0.2) is 60.8 Å². The maximum Gasteiger partial charge on any atom is 0.325 e. The van der Waals surface area contributed by atoms with Crippen molar-refractivity contribution >= 4 is 11.9 Å². The number of nitrogens with one attached hydrogen (secondary N) is 1. The Labute approximate surface area is 197 Å². The van der Waals surface area contributed by atoms with Gasteiger partial charge >= 0.3 is 6.03 Å². The Morgan fingerprint density at radius 3 is 2.65 bits per heavy atom. The number of urea groups is 1. The predicted molar refractivity (Wildman–Crippen MR) is 125 cm³/mol. The number of imide groups is 1. The molecule has 34 heavy (non-hydrogen) atoms. The smallest absolute Gasteiger partial charge is 0.305 e. The summed E-state index contributed by atoms with van der Waals surface area (Å²) in [6.45, 7) is 2.59. The Hall–Kier alpha value is -3.48. The number of amides is 3. The highest BCUT2D eigenvalue weighted by atomic mass is 19.1. The summed E-state index contributed by atoms with van der Waals surface area (Å²) in [6.07, 6.45) is 5.84. The quantitative estimate of drug-likeness (QED) is 0.592. The molecular weight excluding hydrogens is 431 g/mol. The van der Waals surface area contributed by atoms with Gasteiger partial charge in [-0.1, -0.05) is 43.7 Å². The average molecular weight is 459 g/mol. The number of halogens is 1. The van der Waals surface area contributed by atoms with Crippen LogP contribution in [0.5, 0.6) is 0 Å². The Kier molecular flexibility index (Phi) is 4.66. The molecule has 1 aromatic heterocycles. The van der Waals surface area contributed by atoms with Gasteiger partial charge in [-0.15, -0.1) is 0 Å². The molecule has 3 atom stereocenters. The zero-order valence-electron chi connectivity index (χ0n) is 19.1. The molecule has 2 aromatic carbocycles. The maximum absolute atomic E-state index is 13.6.